The molecule has 0 aromatic carbocycles. The Kier molecular flexibility index (Phi) is 1.83. The maximum Gasteiger partial charge on any atom is 0.235 e. The topological polar surface area (TPSA) is 60.4 Å². The molecule has 5 heteroatoms. The van der Waals surface area contributed by atoms with Crippen LogP contribution in [0.5, 0.6) is 0 Å². The van der Waals surface area contributed by atoms with Crippen LogP contribution in [0.25, 0.3) is 17.2 Å². The van der Waals surface area contributed by atoms with Crippen molar-refractivity contribution >= 4 is 12.1 Å². The lowest BCUT2D eigenvalue weighted by Crippen LogP contribution is -1.92. The molecule has 0 N–H and O–H groups in total. The molecule has 5 nitrogen and oxygen atoms in total. The highest BCUT2D eigenvalue weighted by Crippen LogP contribution is 2.22. The minimum absolute atomic E-state index is 0.443. The predicted octanol–water partition coefficient (Wildman–Crippen LogP) is 1.80. The molecule has 3 aromatic heterocycles. The Morgan fingerprint density at radius 2 is 2.31 bits per heavy atom. The van der Waals surface area contributed by atoms with Gasteiger partial charge in [0.2, 0.25) is 5.78 Å². The molecule has 3 rings (SSSR count). The Hall–Kier alpha value is -2.43. The van der Waals surface area contributed by atoms with Crippen LogP contribution in [-0.4, -0.2) is 20.7 Å². The SMILES string of the molecule is O=Cc1c(-c2ccco2)nc2ncccn12. The van der Waals surface area contributed by atoms with Crippen molar-refractivity contribution in [1.82, 2.24) is 14.4 Å². The first-order valence-corrected chi connectivity index (χ1v) is 4.72. The Morgan fingerprint density at radius 1 is 1.38 bits per heavy atom. The van der Waals surface area contributed by atoms with Crippen molar-refractivity contribution in [3.63, 3.8) is 0 Å². The van der Waals surface area contributed by atoms with Gasteiger partial charge in [-0.25, -0.2) is 9.97 Å². The van der Waals surface area contributed by atoms with E-state index in [2.05, 4.69) is 9.97 Å². The van der Waals surface area contributed by atoms with Gasteiger partial charge >= 0.3 is 0 Å². The molecule has 0 saturated carbocycles. The standard InChI is InChI=1S/C11H7N3O2/c15-7-8-10(9-3-1-6-16-9)13-11-12-4-2-5-14(8)11/h1-7H. The van der Waals surface area contributed by atoms with E-state index in [4.69, 9.17) is 4.42 Å². The quantitative estimate of drug-likeness (QED) is 0.609. The molecule has 0 aliphatic carbocycles. The summed E-state index contributed by atoms with van der Waals surface area (Å²) in [6.45, 7) is 0. The van der Waals surface area contributed by atoms with E-state index in [9.17, 15) is 4.79 Å². The summed E-state index contributed by atoms with van der Waals surface area (Å²) < 4.78 is 6.86. The molecular weight excluding hydrogens is 206 g/mol. The van der Waals surface area contributed by atoms with E-state index in [1.54, 1.807) is 41.3 Å². The van der Waals surface area contributed by atoms with E-state index in [0.717, 1.165) is 6.29 Å². The van der Waals surface area contributed by atoms with E-state index in [-0.39, 0.29) is 0 Å². The van der Waals surface area contributed by atoms with Gasteiger partial charge in [-0.05, 0) is 18.2 Å². The molecule has 0 unspecified atom stereocenters. The second-order valence-corrected chi connectivity index (χ2v) is 3.23. The second kappa shape index (κ2) is 3.30. The molecule has 0 fully saturated rings. The number of carbonyl (C=O) groups is 1. The fourth-order valence-electron chi connectivity index (χ4n) is 1.61. The summed E-state index contributed by atoms with van der Waals surface area (Å²) in [6.07, 6.45) is 5.66. The van der Waals surface area contributed by atoms with Gasteiger partial charge in [0.15, 0.2) is 12.0 Å². The average Bonchev–Trinajstić information content (AvgIpc) is 2.95. The van der Waals surface area contributed by atoms with Gasteiger partial charge in [-0.2, -0.15) is 0 Å². The van der Waals surface area contributed by atoms with E-state index in [0.29, 0.717) is 22.9 Å². The summed E-state index contributed by atoms with van der Waals surface area (Å²) in [6, 6.07) is 5.25. The van der Waals surface area contributed by atoms with Crippen molar-refractivity contribution in [2.75, 3.05) is 0 Å². The molecule has 3 heterocycles. The predicted molar refractivity (Wildman–Crippen MR) is 56.1 cm³/mol. The Bertz CT molecular complexity index is 640. The summed E-state index contributed by atoms with van der Waals surface area (Å²) in [7, 11) is 0. The molecule has 0 aliphatic heterocycles. The maximum absolute atomic E-state index is 11.1. The van der Waals surface area contributed by atoms with Gasteiger partial charge < -0.3 is 4.42 Å². The number of aromatic nitrogens is 3. The van der Waals surface area contributed by atoms with Crippen LogP contribution in [0.3, 0.4) is 0 Å². The zero-order valence-electron chi connectivity index (χ0n) is 8.20. The molecular formula is C11H7N3O2. The van der Waals surface area contributed by atoms with Crippen LogP contribution in [0.1, 0.15) is 10.5 Å². The molecule has 0 radical (unpaired) electrons. The molecule has 78 valence electrons. The smallest absolute Gasteiger partial charge is 0.235 e. The zero-order valence-corrected chi connectivity index (χ0v) is 8.20. The number of carbonyl (C=O) groups excluding carboxylic acids is 1. The van der Waals surface area contributed by atoms with Crippen molar-refractivity contribution in [1.29, 1.82) is 0 Å². The number of imidazole rings is 1. The van der Waals surface area contributed by atoms with Gasteiger partial charge in [0.1, 0.15) is 11.4 Å². The highest BCUT2D eigenvalue weighted by atomic mass is 16.3. The molecule has 0 aliphatic rings. The summed E-state index contributed by atoms with van der Waals surface area (Å²) in [5.74, 6) is 1.05. The lowest BCUT2D eigenvalue weighted by Gasteiger charge is -1.93. The highest BCUT2D eigenvalue weighted by molar-refractivity contribution is 5.84. The number of nitrogens with zero attached hydrogens (tertiary/aromatic N) is 3. The van der Waals surface area contributed by atoms with E-state index in [1.807, 2.05) is 0 Å². The number of hydrogen-bond acceptors (Lipinski definition) is 4. The molecule has 16 heavy (non-hydrogen) atoms. The van der Waals surface area contributed by atoms with E-state index >= 15 is 0 Å². The summed E-state index contributed by atoms with van der Waals surface area (Å²) >= 11 is 0. The van der Waals surface area contributed by atoms with Gasteiger partial charge in [-0.15, -0.1) is 0 Å². The first-order chi connectivity index (χ1) is 7.90. The highest BCUT2D eigenvalue weighted by Gasteiger charge is 2.15. The maximum atomic E-state index is 11.1. The number of fused-ring (bicyclic) bond motifs is 1. The molecule has 3 aromatic rings. The summed E-state index contributed by atoms with van der Waals surface area (Å²) in [4.78, 5) is 19.4. The van der Waals surface area contributed by atoms with Crippen LogP contribution in [0, 0.1) is 0 Å². The Morgan fingerprint density at radius 3 is 3.06 bits per heavy atom. The number of furan rings is 1. The van der Waals surface area contributed by atoms with Crippen LogP contribution in [0.15, 0.2) is 41.3 Å². The fourth-order valence-corrected chi connectivity index (χ4v) is 1.61. The third-order valence-corrected chi connectivity index (χ3v) is 2.31. The first kappa shape index (κ1) is 8.84. The van der Waals surface area contributed by atoms with Crippen molar-refractivity contribution < 1.29 is 9.21 Å². The second-order valence-electron chi connectivity index (χ2n) is 3.23. The van der Waals surface area contributed by atoms with Crippen molar-refractivity contribution in [3.05, 3.63) is 42.5 Å². The van der Waals surface area contributed by atoms with Gasteiger partial charge in [0.05, 0.1) is 6.26 Å². The molecule has 0 spiro atoms. The van der Waals surface area contributed by atoms with Gasteiger partial charge in [-0.3, -0.25) is 9.20 Å². The zero-order chi connectivity index (χ0) is 11.0. The lowest BCUT2D eigenvalue weighted by atomic mass is 10.3. The van der Waals surface area contributed by atoms with Crippen molar-refractivity contribution in [3.8, 4) is 11.5 Å². The Labute approximate surface area is 90.4 Å². The average molecular weight is 213 g/mol. The normalized spacial score (nSPS) is 10.8. The minimum Gasteiger partial charge on any atom is -0.463 e. The van der Waals surface area contributed by atoms with Crippen LogP contribution < -0.4 is 0 Å². The third kappa shape index (κ3) is 1.15. The summed E-state index contributed by atoms with van der Waals surface area (Å²) in [5.41, 5.74) is 0.955. The largest absolute Gasteiger partial charge is 0.463 e. The monoisotopic (exact) mass is 213 g/mol. The molecule has 0 saturated heterocycles. The number of hydrogen-bond donors (Lipinski definition) is 0. The van der Waals surface area contributed by atoms with Crippen LogP contribution in [0.4, 0.5) is 0 Å². The first-order valence-electron chi connectivity index (χ1n) is 4.72. The van der Waals surface area contributed by atoms with Crippen molar-refractivity contribution in [2.24, 2.45) is 0 Å². The van der Waals surface area contributed by atoms with Crippen LogP contribution in [0.2, 0.25) is 0 Å². The van der Waals surface area contributed by atoms with Gasteiger partial charge in [0.25, 0.3) is 0 Å². The Balaban J connectivity index is 2.37. The van der Waals surface area contributed by atoms with Gasteiger partial charge in [0, 0.05) is 12.4 Å². The molecule has 0 atom stereocenters. The lowest BCUT2D eigenvalue weighted by molar-refractivity contribution is 0.111. The molecule has 0 bridgehead atoms. The molecule has 0 amide bonds. The van der Waals surface area contributed by atoms with Crippen LogP contribution >= 0.6 is 0 Å². The number of aldehydes is 1. The fraction of sp³-hybridized carbons (Fsp3) is 0. The third-order valence-electron chi connectivity index (χ3n) is 2.31. The minimum atomic E-state index is 0.443. The van der Waals surface area contributed by atoms with Crippen LogP contribution in [-0.2, 0) is 0 Å². The van der Waals surface area contributed by atoms with E-state index < -0.39 is 0 Å². The number of rotatable bonds is 2. The van der Waals surface area contributed by atoms with Crippen molar-refractivity contribution in [2.45, 2.75) is 0 Å². The summed E-state index contributed by atoms with van der Waals surface area (Å²) in [5, 5.41) is 0. The van der Waals surface area contributed by atoms with Gasteiger partial charge in [-0.1, -0.05) is 0 Å². The van der Waals surface area contributed by atoms with E-state index in [1.165, 1.54) is 0 Å².